The first-order valence-corrected chi connectivity index (χ1v) is 3.91. The van der Waals surface area contributed by atoms with Crippen LogP contribution in [-0.4, -0.2) is 9.13 Å². The molecule has 72 valence electrons. The quantitative estimate of drug-likeness (QED) is 0.568. The predicted molar refractivity (Wildman–Crippen MR) is 51.6 cm³/mol. The van der Waals surface area contributed by atoms with Crippen molar-refractivity contribution in [2.24, 2.45) is 14.1 Å². The molecule has 1 rings (SSSR count). The first-order valence-electron chi connectivity index (χ1n) is 3.91. The Morgan fingerprint density at radius 3 is 2.57 bits per heavy atom. The van der Waals surface area contributed by atoms with Gasteiger partial charge in [-0.3, -0.25) is 13.9 Å². The Hall–Kier alpha value is -2.09. The van der Waals surface area contributed by atoms with Crippen molar-refractivity contribution in [3.05, 3.63) is 38.7 Å². The summed E-state index contributed by atoms with van der Waals surface area (Å²) < 4.78 is 2.30. The van der Waals surface area contributed by atoms with E-state index in [1.807, 2.05) is 0 Å². The molecule has 14 heavy (non-hydrogen) atoms. The number of nitriles is 1. The second-order valence-electron chi connectivity index (χ2n) is 2.77. The zero-order valence-electron chi connectivity index (χ0n) is 7.89. The van der Waals surface area contributed by atoms with Crippen LogP contribution in [-0.2, 0) is 14.1 Å². The van der Waals surface area contributed by atoms with Crippen molar-refractivity contribution < 1.29 is 0 Å². The Morgan fingerprint density at radius 2 is 2.00 bits per heavy atom. The molecule has 0 radical (unpaired) electrons. The summed E-state index contributed by atoms with van der Waals surface area (Å²) in [6.45, 7) is 0. The van der Waals surface area contributed by atoms with Gasteiger partial charge in [-0.05, 0) is 6.08 Å². The lowest BCUT2D eigenvalue weighted by Crippen LogP contribution is -2.37. The van der Waals surface area contributed by atoms with E-state index in [0.717, 1.165) is 4.57 Å². The molecule has 0 fully saturated rings. The topological polar surface area (TPSA) is 67.8 Å². The number of aromatic nitrogens is 2. The zero-order valence-corrected chi connectivity index (χ0v) is 7.89. The number of hydrogen-bond acceptors (Lipinski definition) is 3. The highest BCUT2D eigenvalue weighted by molar-refractivity contribution is 5.47. The van der Waals surface area contributed by atoms with Crippen molar-refractivity contribution in [3.8, 4) is 6.07 Å². The van der Waals surface area contributed by atoms with E-state index in [-0.39, 0.29) is 5.56 Å². The minimum atomic E-state index is -0.407. The zero-order chi connectivity index (χ0) is 10.7. The average molecular weight is 191 g/mol. The molecular weight excluding hydrogens is 182 g/mol. The summed E-state index contributed by atoms with van der Waals surface area (Å²) in [5, 5.41) is 8.30. The van der Waals surface area contributed by atoms with Gasteiger partial charge in [-0.25, -0.2) is 4.79 Å². The Bertz CT molecular complexity index is 528. The SMILES string of the molecule is Cn1c(/C=C/C#N)cc(=O)n(C)c1=O. The van der Waals surface area contributed by atoms with Crippen molar-refractivity contribution in [3.63, 3.8) is 0 Å². The fourth-order valence-electron chi connectivity index (χ4n) is 1.03. The minimum Gasteiger partial charge on any atom is -0.297 e. The van der Waals surface area contributed by atoms with Gasteiger partial charge in [-0.2, -0.15) is 5.26 Å². The molecule has 0 spiro atoms. The third kappa shape index (κ3) is 1.64. The van der Waals surface area contributed by atoms with Crippen molar-refractivity contribution in [2.45, 2.75) is 0 Å². The van der Waals surface area contributed by atoms with E-state index in [2.05, 4.69) is 0 Å². The second kappa shape index (κ2) is 3.75. The molecule has 0 aliphatic carbocycles. The minimum absolute atomic E-state index is 0.384. The summed E-state index contributed by atoms with van der Waals surface area (Å²) in [5.74, 6) is 0. The van der Waals surface area contributed by atoms with Gasteiger partial charge in [0.15, 0.2) is 0 Å². The summed E-state index contributed by atoms with van der Waals surface area (Å²) in [7, 11) is 2.95. The highest BCUT2D eigenvalue weighted by atomic mass is 16.2. The van der Waals surface area contributed by atoms with E-state index in [4.69, 9.17) is 5.26 Å². The van der Waals surface area contributed by atoms with Gasteiger partial charge in [-0.1, -0.05) is 0 Å². The smallest absolute Gasteiger partial charge is 0.297 e. The van der Waals surface area contributed by atoms with Crippen LogP contribution in [0, 0.1) is 11.3 Å². The van der Waals surface area contributed by atoms with Gasteiger partial charge in [0.05, 0.1) is 11.8 Å². The van der Waals surface area contributed by atoms with Crippen LogP contribution in [0.5, 0.6) is 0 Å². The molecule has 0 saturated heterocycles. The van der Waals surface area contributed by atoms with Crippen LogP contribution in [0.4, 0.5) is 0 Å². The maximum absolute atomic E-state index is 11.4. The number of allylic oxidation sites excluding steroid dienone is 1. The molecule has 0 saturated carbocycles. The third-order valence-corrected chi connectivity index (χ3v) is 1.89. The monoisotopic (exact) mass is 191 g/mol. The van der Waals surface area contributed by atoms with Crippen molar-refractivity contribution in [2.75, 3.05) is 0 Å². The molecule has 1 heterocycles. The molecule has 0 unspecified atom stereocenters. The number of nitrogens with zero attached hydrogens (tertiary/aromatic N) is 3. The van der Waals surface area contributed by atoms with Crippen LogP contribution in [0.25, 0.3) is 6.08 Å². The largest absolute Gasteiger partial charge is 0.330 e. The molecule has 1 aromatic rings. The van der Waals surface area contributed by atoms with Gasteiger partial charge in [0.2, 0.25) is 0 Å². The molecule has 0 amide bonds. The lowest BCUT2D eigenvalue weighted by Gasteiger charge is -2.04. The summed E-state index contributed by atoms with van der Waals surface area (Å²) in [4.78, 5) is 22.6. The van der Waals surface area contributed by atoms with Gasteiger partial charge in [0.25, 0.3) is 5.56 Å². The molecule has 0 aliphatic rings. The van der Waals surface area contributed by atoms with Gasteiger partial charge in [-0.15, -0.1) is 0 Å². The summed E-state index contributed by atoms with van der Waals surface area (Å²) in [6.07, 6.45) is 2.64. The number of hydrogen-bond donors (Lipinski definition) is 0. The second-order valence-corrected chi connectivity index (χ2v) is 2.77. The van der Waals surface area contributed by atoms with Gasteiger partial charge < -0.3 is 0 Å². The summed E-state index contributed by atoms with van der Waals surface area (Å²) in [6, 6.07) is 3.09. The molecule has 1 aromatic heterocycles. The van der Waals surface area contributed by atoms with Crippen LogP contribution >= 0.6 is 0 Å². The van der Waals surface area contributed by atoms with E-state index in [1.165, 1.54) is 29.8 Å². The Kier molecular flexibility index (Phi) is 2.67. The molecule has 0 aliphatic heterocycles. The first kappa shape index (κ1) is 9.99. The van der Waals surface area contributed by atoms with Crippen molar-refractivity contribution in [1.82, 2.24) is 9.13 Å². The molecule has 0 atom stereocenters. The third-order valence-electron chi connectivity index (χ3n) is 1.89. The van der Waals surface area contributed by atoms with E-state index < -0.39 is 5.69 Å². The van der Waals surface area contributed by atoms with Gasteiger partial charge >= 0.3 is 5.69 Å². The van der Waals surface area contributed by atoms with Crippen LogP contribution in [0.2, 0.25) is 0 Å². The lowest BCUT2D eigenvalue weighted by molar-refractivity contribution is 0.680. The maximum Gasteiger partial charge on any atom is 0.330 e. The van der Waals surface area contributed by atoms with Crippen molar-refractivity contribution >= 4 is 6.08 Å². The van der Waals surface area contributed by atoms with Gasteiger partial charge in [0.1, 0.15) is 0 Å². The van der Waals surface area contributed by atoms with E-state index in [0.29, 0.717) is 5.69 Å². The summed E-state index contributed by atoms with van der Waals surface area (Å²) >= 11 is 0. The molecule has 0 N–H and O–H groups in total. The van der Waals surface area contributed by atoms with E-state index in [9.17, 15) is 9.59 Å². The predicted octanol–water partition coefficient (Wildman–Crippen LogP) is -0.379. The van der Waals surface area contributed by atoms with Gasteiger partial charge in [0, 0.05) is 26.2 Å². The van der Waals surface area contributed by atoms with E-state index >= 15 is 0 Å². The highest BCUT2D eigenvalue weighted by Gasteiger charge is 2.01. The Balaban J connectivity index is 3.51. The molecule has 0 bridgehead atoms. The lowest BCUT2D eigenvalue weighted by atomic mass is 10.3. The Morgan fingerprint density at radius 1 is 1.36 bits per heavy atom. The Labute approximate surface area is 80.1 Å². The standard InChI is InChI=1S/C9H9N3O2/c1-11-7(4-3-5-10)6-8(13)12(2)9(11)14/h3-4,6H,1-2H3/b4-3+. The first-order chi connectivity index (χ1) is 6.57. The number of rotatable bonds is 1. The highest BCUT2D eigenvalue weighted by Crippen LogP contribution is 1.93. The fourth-order valence-corrected chi connectivity index (χ4v) is 1.03. The van der Waals surface area contributed by atoms with E-state index in [1.54, 1.807) is 13.1 Å². The average Bonchev–Trinajstić information content (AvgIpc) is 2.18. The molecule has 5 nitrogen and oxygen atoms in total. The van der Waals surface area contributed by atoms with Crippen LogP contribution < -0.4 is 11.2 Å². The fraction of sp³-hybridized carbons (Fsp3) is 0.222. The van der Waals surface area contributed by atoms with Crippen LogP contribution in [0.1, 0.15) is 5.69 Å². The normalized spacial score (nSPS) is 10.4. The van der Waals surface area contributed by atoms with Crippen LogP contribution in [0.3, 0.4) is 0 Å². The van der Waals surface area contributed by atoms with Crippen LogP contribution in [0.15, 0.2) is 21.7 Å². The molecule has 5 heteroatoms. The molecular formula is C9H9N3O2. The van der Waals surface area contributed by atoms with Crippen molar-refractivity contribution in [1.29, 1.82) is 5.26 Å². The maximum atomic E-state index is 11.4. The molecule has 0 aromatic carbocycles. The summed E-state index contributed by atoms with van der Waals surface area (Å²) in [5.41, 5.74) is -0.375.